The standard InChI is InChI=1S/C13H20N2O/c1-15(12-5-6-13(16)10-12)9-7-11-4-2-3-8-14-11/h2-4,8,12-13,16H,5-7,9-10H2,1H3. The zero-order valence-corrected chi connectivity index (χ0v) is 9.84. The fourth-order valence-electron chi connectivity index (χ4n) is 2.35. The number of aromatic nitrogens is 1. The molecule has 88 valence electrons. The number of hydrogen-bond acceptors (Lipinski definition) is 3. The maximum atomic E-state index is 9.49. The summed E-state index contributed by atoms with van der Waals surface area (Å²) < 4.78 is 0. The third-order valence-electron chi connectivity index (χ3n) is 3.45. The topological polar surface area (TPSA) is 36.4 Å². The number of pyridine rings is 1. The Kier molecular flexibility index (Phi) is 3.91. The summed E-state index contributed by atoms with van der Waals surface area (Å²) in [5, 5.41) is 9.49. The minimum atomic E-state index is -0.0812. The number of likely N-dealkylation sites (N-methyl/N-ethyl adjacent to an activating group) is 1. The minimum Gasteiger partial charge on any atom is -0.393 e. The molecule has 0 aromatic carbocycles. The molecule has 0 saturated heterocycles. The summed E-state index contributed by atoms with van der Waals surface area (Å²) in [5.74, 6) is 0. The van der Waals surface area contributed by atoms with Crippen LogP contribution in [0.1, 0.15) is 25.0 Å². The van der Waals surface area contributed by atoms with Crippen LogP contribution in [0, 0.1) is 0 Å². The summed E-state index contributed by atoms with van der Waals surface area (Å²) in [7, 11) is 2.14. The average Bonchev–Trinajstić information content (AvgIpc) is 2.74. The lowest BCUT2D eigenvalue weighted by atomic mass is 10.2. The quantitative estimate of drug-likeness (QED) is 0.834. The first kappa shape index (κ1) is 11.6. The minimum absolute atomic E-state index is 0.0812. The van der Waals surface area contributed by atoms with E-state index in [0.717, 1.165) is 37.9 Å². The Morgan fingerprint density at radius 1 is 1.44 bits per heavy atom. The van der Waals surface area contributed by atoms with E-state index >= 15 is 0 Å². The Bertz CT molecular complexity index is 315. The fraction of sp³-hybridized carbons (Fsp3) is 0.615. The van der Waals surface area contributed by atoms with E-state index in [-0.39, 0.29) is 6.10 Å². The highest BCUT2D eigenvalue weighted by Gasteiger charge is 2.25. The second-order valence-corrected chi connectivity index (χ2v) is 4.67. The molecule has 2 atom stereocenters. The van der Waals surface area contributed by atoms with Gasteiger partial charge >= 0.3 is 0 Å². The highest BCUT2D eigenvalue weighted by molar-refractivity contribution is 5.03. The maximum Gasteiger partial charge on any atom is 0.0555 e. The molecule has 3 nitrogen and oxygen atoms in total. The SMILES string of the molecule is CN(CCc1ccccn1)C1CCC(O)C1. The van der Waals surface area contributed by atoms with Gasteiger partial charge in [0.25, 0.3) is 0 Å². The van der Waals surface area contributed by atoms with Gasteiger partial charge in [-0.3, -0.25) is 4.98 Å². The van der Waals surface area contributed by atoms with Crippen molar-refractivity contribution in [2.75, 3.05) is 13.6 Å². The molecule has 0 amide bonds. The lowest BCUT2D eigenvalue weighted by molar-refractivity contribution is 0.163. The van der Waals surface area contributed by atoms with Crippen LogP contribution in [-0.2, 0) is 6.42 Å². The molecule has 1 aromatic heterocycles. The van der Waals surface area contributed by atoms with Gasteiger partial charge in [0.15, 0.2) is 0 Å². The van der Waals surface area contributed by atoms with Gasteiger partial charge < -0.3 is 10.0 Å². The number of rotatable bonds is 4. The van der Waals surface area contributed by atoms with Crippen molar-refractivity contribution in [2.45, 2.75) is 37.8 Å². The first-order valence-corrected chi connectivity index (χ1v) is 6.04. The van der Waals surface area contributed by atoms with Crippen LogP contribution in [0.5, 0.6) is 0 Å². The van der Waals surface area contributed by atoms with Crippen molar-refractivity contribution in [3.05, 3.63) is 30.1 Å². The molecule has 2 rings (SSSR count). The molecule has 16 heavy (non-hydrogen) atoms. The molecule has 1 aliphatic rings. The Morgan fingerprint density at radius 2 is 2.31 bits per heavy atom. The van der Waals surface area contributed by atoms with Crippen LogP contribution in [0.25, 0.3) is 0 Å². The number of aliphatic hydroxyl groups is 1. The molecule has 0 aliphatic heterocycles. The molecule has 1 saturated carbocycles. The van der Waals surface area contributed by atoms with Gasteiger partial charge in [0.05, 0.1) is 6.10 Å². The van der Waals surface area contributed by atoms with Crippen molar-refractivity contribution in [1.82, 2.24) is 9.88 Å². The Hall–Kier alpha value is -0.930. The first-order valence-electron chi connectivity index (χ1n) is 6.04. The lowest BCUT2D eigenvalue weighted by Gasteiger charge is -2.23. The van der Waals surface area contributed by atoms with E-state index in [1.54, 1.807) is 0 Å². The normalized spacial score (nSPS) is 25.2. The van der Waals surface area contributed by atoms with Crippen molar-refractivity contribution in [2.24, 2.45) is 0 Å². The van der Waals surface area contributed by atoms with E-state index in [4.69, 9.17) is 0 Å². The fourth-order valence-corrected chi connectivity index (χ4v) is 2.35. The summed E-state index contributed by atoms with van der Waals surface area (Å²) in [4.78, 5) is 6.67. The van der Waals surface area contributed by atoms with E-state index in [1.165, 1.54) is 0 Å². The summed E-state index contributed by atoms with van der Waals surface area (Å²) in [6, 6.07) is 6.60. The van der Waals surface area contributed by atoms with Crippen molar-refractivity contribution in [1.29, 1.82) is 0 Å². The smallest absolute Gasteiger partial charge is 0.0555 e. The maximum absolute atomic E-state index is 9.49. The first-order chi connectivity index (χ1) is 7.75. The molecule has 0 bridgehead atoms. The van der Waals surface area contributed by atoms with Gasteiger partial charge in [0.2, 0.25) is 0 Å². The summed E-state index contributed by atoms with van der Waals surface area (Å²) in [6.45, 7) is 1.02. The Labute approximate surface area is 97.1 Å². The number of nitrogens with zero attached hydrogens (tertiary/aromatic N) is 2. The van der Waals surface area contributed by atoms with Crippen LogP contribution >= 0.6 is 0 Å². The van der Waals surface area contributed by atoms with Gasteiger partial charge in [-0.1, -0.05) is 6.07 Å². The molecule has 1 aliphatic carbocycles. The van der Waals surface area contributed by atoms with Gasteiger partial charge in [0.1, 0.15) is 0 Å². The van der Waals surface area contributed by atoms with Crippen molar-refractivity contribution < 1.29 is 5.11 Å². The van der Waals surface area contributed by atoms with Crippen LogP contribution in [-0.4, -0.2) is 40.7 Å². The predicted octanol–water partition coefficient (Wildman–Crippen LogP) is 1.47. The highest BCUT2D eigenvalue weighted by Crippen LogP contribution is 2.23. The molecular formula is C13H20N2O. The molecule has 0 spiro atoms. The van der Waals surface area contributed by atoms with Crippen molar-refractivity contribution in [3.8, 4) is 0 Å². The number of aliphatic hydroxyl groups excluding tert-OH is 1. The van der Waals surface area contributed by atoms with Crippen LogP contribution < -0.4 is 0 Å². The van der Waals surface area contributed by atoms with E-state index in [1.807, 2.05) is 18.3 Å². The lowest BCUT2D eigenvalue weighted by Crippen LogP contribution is -2.31. The Morgan fingerprint density at radius 3 is 2.94 bits per heavy atom. The molecule has 1 N–H and O–H groups in total. The van der Waals surface area contributed by atoms with E-state index < -0.39 is 0 Å². The van der Waals surface area contributed by atoms with E-state index in [2.05, 4.69) is 23.0 Å². The number of hydrogen-bond donors (Lipinski definition) is 1. The monoisotopic (exact) mass is 220 g/mol. The third kappa shape index (κ3) is 3.03. The molecule has 1 heterocycles. The molecule has 2 unspecified atom stereocenters. The third-order valence-corrected chi connectivity index (χ3v) is 3.45. The second kappa shape index (κ2) is 5.41. The van der Waals surface area contributed by atoms with E-state index in [9.17, 15) is 5.11 Å². The Balaban J connectivity index is 1.78. The van der Waals surface area contributed by atoms with Gasteiger partial charge in [-0.05, 0) is 38.4 Å². The van der Waals surface area contributed by atoms with Gasteiger partial charge in [0, 0.05) is 30.9 Å². The molecule has 0 radical (unpaired) electrons. The van der Waals surface area contributed by atoms with Crippen molar-refractivity contribution in [3.63, 3.8) is 0 Å². The molecule has 3 heteroatoms. The largest absolute Gasteiger partial charge is 0.393 e. The van der Waals surface area contributed by atoms with Crippen LogP contribution in [0.3, 0.4) is 0 Å². The zero-order valence-electron chi connectivity index (χ0n) is 9.84. The molecule has 1 aromatic rings. The van der Waals surface area contributed by atoms with Gasteiger partial charge in [-0.2, -0.15) is 0 Å². The predicted molar refractivity (Wildman–Crippen MR) is 64.2 cm³/mol. The van der Waals surface area contributed by atoms with E-state index in [0.29, 0.717) is 6.04 Å². The van der Waals surface area contributed by atoms with Crippen molar-refractivity contribution >= 4 is 0 Å². The van der Waals surface area contributed by atoms with Crippen LogP contribution in [0.4, 0.5) is 0 Å². The summed E-state index contributed by atoms with van der Waals surface area (Å²) >= 11 is 0. The average molecular weight is 220 g/mol. The highest BCUT2D eigenvalue weighted by atomic mass is 16.3. The summed E-state index contributed by atoms with van der Waals surface area (Å²) in [6.07, 6.45) is 5.76. The van der Waals surface area contributed by atoms with Crippen LogP contribution in [0.2, 0.25) is 0 Å². The zero-order chi connectivity index (χ0) is 11.4. The van der Waals surface area contributed by atoms with Gasteiger partial charge in [-0.25, -0.2) is 0 Å². The van der Waals surface area contributed by atoms with Crippen LogP contribution in [0.15, 0.2) is 24.4 Å². The molecular weight excluding hydrogens is 200 g/mol. The second-order valence-electron chi connectivity index (χ2n) is 4.67. The summed E-state index contributed by atoms with van der Waals surface area (Å²) in [5.41, 5.74) is 1.15. The van der Waals surface area contributed by atoms with Gasteiger partial charge in [-0.15, -0.1) is 0 Å². The molecule has 1 fully saturated rings.